The molecule has 0 fully saturated rings. The average molecular weight is 197 g/mol. The van der Waals surface area contributed by atoms with Gasteiger partial charge in [0.05, 0.1) is 12.1 Å². The quantitative estimate of drug-likeness (QED) is 0.688. The van der Waals surface area contributed by atoms with Crippen LogP contribution in [0.25, 0.3) is 0 Å². The van der Waals surface area contributed by atoms with E-state index in [2.05, 4.69) is 13.0 Å². The number of ether oxygens (including phenoxy) is 1. The molecule has 1 rings (SSSR count). The lowest BCUT2D eigenvalue weighted by molar-refractivity contribution is 0.0804. The minimum atomic E-state index is 0.125. The van der Waals surface area contributed by atoms with E-state index in [1.165, 1.54) is 31.3 Å². The van der Waals surface area contributed by atoms with Crippen molar-refractivity contribution in [2.24, 2.45) is 5.73 Å². The van der Waals surface area contributed by atoms with Crippen LogP contribution in [0.3, 0.4) is 0 Å². The first kappa shape index (κ1) is 11.7. The molecule has 0 saturated carbocycles. The standard InChI is InChI=1S/C12H23NO/c1-3-7-11(14-2)12(13)10-8-5-4-6-9-10/h8,11-12H,3-7,9,13H2,1-2H3. The van der Waals surface area contributed by atoms with Gasteiger partial charge in [0.1, 0.15) is 0 Å². The Balaban J connectivity index is 2.51. The number of nitrogens with two attached hydrogens (primary N) is 1. The largest absolute Gasteiger partial charge is 0.379 e. The second-order valence-electron chi connectivity index (χ2n) is 4.11. The zero-order valence-electron chi connectivity index (χ0n) is 9.46. The average Bonchev–Trinajstić information content (AvgIpc) is 2.26. The summed E-state index contributed by atoms with van der Waals surface area (Å²) < 4.78 is 5.44. The molecule has 0 spiro atoms. The molecule has 0 saturated heterocycles. The van der Waals surface area contributed by atoms with E-state index in [-0.39, 0.29) is 12.1 Å². The first-order chi connectivity index (χ1) is 6.79. The van der Waals surface area contributed by atoms with Crippen molar-refractivity contribution in [1.29, 1.82) is 0 Å². The Morgan fingerprint density at radius 3 is 2.79 bits per heavy atom. The van der Waals surface area contributed by atoms with Crippen LogP contribution < -0.4 is 5.73 Å². The van der Waals surface area contributed by atoms with E-state index < -0.39 is 0 Å². The lowest BCUT2D eigenvalue weighted by Crippen LogP contribution is -2.38. The smallest absolute Gasteiger partial charge is 0.0760 e. The molecule has 0 aromatic rings. The summed E-state index contributed by atoms with van der Waals surface area (Å²) in [6.07, 6.45) is 9.72. The highest BCUT2D eigenvalue weighted by Crippen LogP contribution is 2.22. The number of allylic oxidation sites excluding steroid dienone is 1. The van der Waals surface area contributed by atoms with E-state index in [1.54, 1.807) is 7.11 Å². The Bertz CT molecular complexity index is 189. The summed E-state index contributed by atoms with van der Waals surface area (Å²) in [6.45, 7) is 2.17. The fraction of sp³-hybridized carbons (Fsp3) is 0.833. The van der Waals surface area contributed by atoms with Gasteiger partial charge in [-0.3, -0.25) is 0 Å². The van der Waals surface area contributed by atoms with Crippen LogP contribution in [-0.4, -0.2) is 19.3 Å². The van der Waals surface area contributed by atoms with Gasteiger partial charge in [0.25, 0.3) is 0 Å². The van der Waals surface area contributed by atoms with Crippen LogP contribution in [0.15, 0.2) is 11.6 Å². The molecule has 2 heteroatoms. The Labute approximate surface area is 87.5 Å². The fourth-order valence-electron chi connectivity index (χ4n) is 2.13. The number of hydrogen-bond donors (Lipinski definition) is 1. The van der Waals surface area contributed by atoms with Gasteiger partial charge in [-0.2, -0.15) is 0 Å². The molecule has 82 valence electrons. The van der Waals surface area contributed by atoms with Crippen molar-refractivity contribution in [1.82, 2.24) is 0 Å². The zero-order chi connectivity index (χ0) is 10.4. The molecular weight excluding hydrogens is 174 g/mol. The van der Waals surface area contributed by atoms with Crippen molar-refractivity contribution in [2.75, 3.05) is 7.11 Å². The summed E-state index contributed by atoms with van der Waals surface area (Å²) in [7, 11) is 1.77. The molecule has 0 bridgehead atoms. The predicted molar refractivity (Wildman–Crippen MR) is 60.2 cm³/mol. The second-order valence-corrected chi connectivity index (χ2v) is 4.11. The summed E-state index contributed by atoms with van der Waals surface area (Å²) in [5, 5.41) is 0. The van der Waals surface area contributed by atoms with E-state index in [9.17, 15) is 0 Å². The lowest BCUT2D eigenvalue weighted by Gasteiger charge is -2.26. The van der Waals surface area contributed by atoms with Crippen LogP contribution in [0.5, 0.6) is 0 Å². The van der Waals surface area contributed by atoms with Gasteiger partial charge >= 0.3 is 0 Å². The molecule has 0 radical (unpaired) electrons. The van der Waals surface area contributed by atoms with Crippen molar-refractivity contribution < 1.29 is 4.74 Å². The molecule has 2 N–H and O–H groups in total. The van der Waals surface area contributed by atoms with Crippen molar-refractivity contribution >= 4 is 0 Å². The molecule has 2 atom stereocenters. The van der Waals surface area contributed by atoms with Gasteiger partial charge in [-0.1, -0.05) is 25.0 Å². The van der Waals surface area contributed by atoms with Crippen LogP contribution in [0.1, 0.15) is 45.4 Å². The first-order valence-corrected chi connectivity index (χ1v) is 5.77. The van der Waals surface area contributed by atoms with Gasteiger partial charge in [-0.25, -0.2) is 0 Å². The molecule has 0 aromatic heterocycles. The zero-order valence-corrected chi connectivity index (χ0v) is 9.46. The highest BCUT2D eigenvalue weighted by Gasteiger charge is 2.20. The van der Waals surface area contributed by atoms with Gasteiger partial charge < -0.3 is 10.5 Å². The Morgan fingerprint density at radius 1 is 1.50 bits per heavy atom. The van der Waals surface area contributed by atoms with Crippen LogP contribution in [0.4, 0.5) is 0 Å². The molecule has 14 heavy (non-hydrogen) atoms. The van der Waals surface area contributed by atoms with Crippen molar-refractivity contribution in [3.63, 3.8) is 0 Å². The summed E-state index contributed by atoms with van der Waals surface area (Å²) in [6, 6.07) is 0.125. The van der Waals surface area contributed by atoms with E-state index in [4.69, 9.17) is 10.5 Å². The SMILES string of the molecule is CCCC(OC)C(N)C1=CCCCC1. The first-order valence-electron chi connectivity index (χ1n) is 5.77. The fourth-order valence-corrected chi connectivity index (χ4v) is 2.13. The molecular formula is C12H23NO. The Hall–Kier alpha value is -0.340. The predicted octanol–water partition coefficient (Wildman–Crippen LogP) is 2.63. The molecule has 0 amide bonds. The monoisotopic (exact) mass is 197 g/mol. The molecule has 0 heterocycles. The van der Waals surface area contributed by atoms with Crippen molar-refractivity contribution in [2.45, 2.75) is 57.6 Å². The minimum Gasteiger partial charge on any atom is -0.379 e. The highest BCUT2D eigenvalue weighted by atomic mass is 16.5. The summed E-state index contributed by atoms with van der Waals surface area (Å²) >= 11 is 0. The van der Waals surface area contributed by atoms with Gasteiger partial charge in [0.15, 0.2) is 0 Å². The summed E-state index contributed by atoms with van der Waals surface area (Å²) in [5.41, 5.74) is 7.61. The molecule has 2 unspecified atom stereocenters. The maximum Gasteiger partial charge on any atom is 0.0760 e. The minimum absolute atomic E-state index is 0.125. The number of methoxy groups -OCH3 is 1. The van der Waals surface area contributed by atoms with Crippen LogP contribution in [0, 0.1) is 0 Å². The normalized spacial score (nSPS) is 21.5. The maximum absolute atomic E-state index is 6.20. The van der Waals surface area contributed by atoms with E-state index in [0.717, 1.165) is 12.8 Å². The van der Waals surface area contributed by atoms with Crippen molar-refractivity contribution in [3.05, 3.63) is 11.6 Å². The third-order valence-corrected chi connectivity index (χ3v) is 3.03. The van der Waals surface area contributed by atoms with Crippen LogP contribution >= 0.6 is 0 Å². The summed E-state index contributed by atoms with van der Waals surface area (Å²) in [5.74, 6) is 0. The Kier molecular flexibility index (Phi) is 5.20. The highest BCUT2D eigenvalue weighted by molar-refractivity contribution is 5.14. The third-order valence-electron chi connectivity index (χ3n) is 3.03. The van der Waals surface area contributed by atoms with E-state index in [1.807, 2.05) is 0 Å². The van der Waals surface area contributed by atoms with Gasteiger partial charge in [-0.05, 0) is 32.1 Å². The molecule has 0 aliphatic heterocycles. The maximum atomic E-state index is 6.20. The number of hydrogen-bond acceptors (Lipinski definition) is 2. The van der Waals surface area contributed by atoms with E-state index in [0.29, 0.717) is 0 Å². The van der Waals surface area contributed by atoms with Crippen LogP contribution in [0.2, 0.25) is 0 Å². The van der Waals surface area contributed by atoms with Crippen molar-refractivity contribution in [3.8, 4) is 0 Å². The molecule has 1 aliphatic rings. The molecule has 0 aromatic carbocycles. The Morgan fingerprint density at radius 2 is 2.29 bits per heavy atom. The molecule has 2 nitrogen and oxygen atoms in total. The summed E-state index contributed by atoms with van der Waals surface area (Å²) in [4.78, 5) is 0. The second kappa shape index (κ2) is 6.20. The third kappa shape index (κ3) is 3.10. The van der Waals surface area contributed by atoms with Crippen LogP contribution in [-0.2, 0) is 4.74 Å². The van der Waals surface area contributed by atoms with Gasteiger partial charge in [-0.15, -0.1) is 0 Å². The lowest BCUT2D eigenvalue weighted by atomic mass is 9.90. The van der Waals surface area contributed by atoms with Gasteiger partial charge in [0, 0.05) is 7.11 Å². The number of rotatable bonds is 5. The van der Waals surface area contributed by atoms with Gasteiger partial charge in [0.2, 0.25) is 0 Å². The molecule has 1 aliphatic carbocycles. The topological polar surface area (TPSA) is 35.2 Å². The van der Waals surface area contributed by atoms with E-state index >= 15 is 0 Å².